The lowest BCUT2D eigenvalue weighted by Gasteiger charge is -2.08. The maximum Gasteiger partial charge on any atom is 0.102 e. The summed E-state index contributed by atoms with van der Waals surface area (Å²) in [4.78, 5) is 8.20. The first kappa shape index (κ1) is 10.1. The highest BCUT2D eigenvalue weighted by molar-refractivity contribution is 9.11. The van der Waals surface area contributed by atoms with Gasteiger partial charge in [0.2, 0.25) is 0 Å². The van der Waals surface area contributed by atoms with Gasteiger partial charge in [0.05, 0.1) is 5.71 Å². The van der Waals surface area contributed by atoms with Crippen LogP contribution >= 0.6 is 15.9 Å². The molecule has 1 heterocycles. The Morgan fingerprint density at radius 2 is 2.46 bits per heavy atom. The first-order valence-electron chi connectivity index (χ1n) is 4.00. The molecule has 68 valence electrons. The summed E-state index contributed by atoms with van der Waals surface area (Å²) in [6.45, 7) is 7.37. The molecule has 1 aliphatic heterocycles. The fourth-order valence-electron chi connectivity index (χ4n) is 1.01. The van der Waals surface area contributed by atoms with E-state index in [2.05, 4.69) is 39.1 Å². The molecule has 0 aromatic rings. The predicted octanol–water partition coefficient (Wildman–Crippen LogP) is 3.23. The molecule has 0 saturated heterocycles. The van der Waals surface area contributed by atoms with Crippen LogP contribution in [0.3, 0.4) is 0 Å². The van der Waals surface area contributed by atoms with Gasteiger partial charge in [0.1, 0.15) is 4.61 Å². The van der Waals surface area contributed by atoms with E-state index in [0.717, 1.165) is 28.7 Å². The molecule has 0 amide bonds. The smallest absolute Gasteiger partial charge is 0.102 e. The molecule has 0 aromatic heterocycles. The van der Waals surface area contributed by atoms with Crippen molar-refractivity contribution < 1.29 is 0 Å². The topological polar surface area (TPSA) is 24.7 Å². The SMILES string of the molecule is C=CN=CC(=C)C1=NC(Br)=CCC1. The van der Waals surface area contributed by atoms with Crippen LogP contribution in [0.15, 0.2) is 45.6 Å². The van der Waals surface area contributed by atoms with Crippen LogP contribution in [-0.4, -0.2) is 11.9 Å². The molecule has 3 heteroatoms. The van der Waals surface area contributed by atoms with Gasteiger partial charge in [-0.25, -0.2) is 4.99 Å². The van der Waals surface area contributed by atoms with Crippen molar-refractivity contribution in [3.8, 4) is 0 Å². The van der Waals surface area contributed by atoms with Crippen LogP contribution in [0.1, 0.15) is 12.8 Å². The monoisotopic (exact) mass is 238 g/mol. The van der Waals surface area contributed by atoms with E-state index in [-0.39, 0.29) is 0 Å². The summed E-state index contributed by atoms with van der Waals surface area (Å²) in [7, 11) is 0. The van der Waals surface area contributed by atoms with Gasteiger partial charge in [-0.2, -0.15) is 0 Å². The molecule has 2 nitrogen and oxygen atoms in total. The second kappa shape index (κ2) is 4.92. The normalized spacial score (nSPS) is 16.7. The molecule has 0 fully saturated rings. The highest BCUT2D eigenvalue weighted by Crippen LogP contribution is 2.18. The molecule has 0 N–H and O–H groups in total. The fraction of sp³-hybridized carbons (Fsp3) is 0.200. The van der Waals surface area contributed by atoms with Crippen molar-refractivity contribution in [2.45, 2.75) is 12.8 Å². The van der Waals surface area contributed by atoms with E-state index >= 15 is 0 Å². The average Bonchev–Trinajstić information content (AvgIpc) is 2.14. The van der Waals surface area contributed by atoms with Crippen molar-refractivity contribution in [2.75, 3.05) is 0 Å². The largest absolute Gasteiger partial charge is 0.265 e. The van der Waals surface area contributed by atoms with Crippen LogP contribution in [0.2, 0.25) is 0 Å². The van der Waals surface area contributed by atoms with Gasteiger partial charge in [-0.15, -0.1) is 0 Å². The van der Waals surface area contributed by atoms with Crippen LogP contribution in [0.4, 0.5) is 0 Å². The van der Waals surface area contributed by atoms with Crippen molar-refractivity contribution in [1.29, 1.82) is 0 Å². The van der Waals surface area contributed by atoms with Crippen molar-refractivity contribution in [1.82, 2.24) is 0 Å². The van der Waals surface area contributed by atoms with Crippen molar-refractivity contribution in [3.05, 3.63) is 35.6 Å². The molecule has 13 heavy (non-hydrogen) atoms. The Morgan fingerprint density at radius 3 is 3.08 bits per heavy atom. The number of halogens is 1. The molecule has 0 saturated carbocycles. The number of nitrogens with zero attached hydrogens (tertiary/aromatic N) is 2. The molecule has 0 radical (unpaired) electrons. The van der Waals surface area contributed by atoms with E-state index in [1.54, 1.807) is 6.21 Å². The number of rotatable bonds is 3. The van der Waals surface area contributed by atoms with Gasteiger partial charge in [-0.3, -0.25) is 4.99 Å². The maximum absolute atomic E-state index is 4.30. The van der Waals surface area contributed by atoms with Crippen LogP contribution in [-0.2, 0) is 0 Å². The molecule has 0 aliphatic carbocycles. The maximum atomic E-state index is 4.30. The van der Waals surface area contributed by atoms with Gasteiger partial charge in [0.25, 0.3) is 0 Å². The van der Waals surface area contributed by atoms with Gasteiger partial charge in [-0.1, -0.05) is 19.2 Å². The zero-order valence-electron chi connectivity index (χ0n) is 7.33. The second-order valence-corrected chi connectivity index (χ2v) is 3.42. The summed E-state index contributed by atoms with van der Waals surface area (Å²) in [5, 5.41) is 0. The molecular weight excluding hydrogens is 228 g/mol. The molecule has 0 unspecified atom stereocenters. The number of hydrogen-bond acceptors (Lipinski definition) is 2. The first-order chi connectivity index (χ1) is 6.24. The second-order valence-electron chi connectivity index (χ2n) is 2.61. The predicted molar refractivity (Wildman–Crippen MR) is 61.5 cm³/mol. The third kappa shape index (κ3) is 3.11. The Labute approximate surface area is 86.6 Å². The van der Waals surface area contributed by atoms with Crippen LogP contribution in [0.25, 0.3) is 0 Å². The number of hydrogen-bond donors (Lipinski definition) is 0. The first-order valence-corrected chi connectivity index (χ1v) is 4.80. The van der Waals surface area contributed by atoms with E-state index < -0.39 is 0 Å². The van der Waals surface area contributed by atoms with Crippen molar-refractivity contribution in [2.24, 2.45) is 9.98 Å². The summed E-state index contributed by atoms with van der Waals surface area (Å²) in [6.07, 6.45) is 7.13. The lowest BCUT2D eigenvalue weighted by atomic mass is 10.1. The molecule has 0 atom stereocenters. The number of aliphatic imine (C=N–C) groups is 2. The summed E-state index contributed by atoms with van der Waals surface area (Å²) in [6, 6.07) is 0. The Bertz CT molecular complexity index is 311. The molecule has 1 rings (SSSR count). The zero-order chi connectivity index (χ0) is 9.68. The quantitative estimate of drug-likeness (QED) is 0.533. The van der Waals surface area contributed by atoms with Crippen LogP contribution in [0, 0.1) is 0 Å². The Morgan fingerprint density at radius 1 is 1.69 bits per heavy atom. The van der Waals surface area contributed by atoms with Gasteiger partial charge in [0, 0.05) is 18.0 Å². The summed E-state index contributed by atoms with van der Waals surface area (Å²) < 4.78 is 0.877. The Kier molecular flexibility index (Phi) is 3.83. The van der Waals surface area contributed by atoms with E-state index in [4.69, 9.17) is 0 Å². The standard InChI is InChI=1S/C10H11BrN2/c1-3-12-7-8(2)9-5-4-6-10(11)13-9/h3,6-7H,1-2,4-5H2. The molecule has 0 aromatic carbocycles. The van der Waals surface area contributed by atoms with Gasteiger partial charge in [-0.05, 0) is 28.8 Å². The highest BCUT2D eigenvalue weighted by Gasteiger charge is 2.06. The van der Waals surface area contributed by atoms with Gasteiger partial charge >= 0.3 is 0 Å². The number of allylic oxidation sites excluding steroid dienone is 2. The summed E-state index contributed by atoms with van der Waals surface area (Å²) in [5.74, 6) is 0. The minimum Gasteiger partial charge on any atom is -0.265 e. The van der Waals surface area contributed by atoms with Crippen LogP contribution in [0.5, 0.6) is 0 Å². The van der Waals surface area contributed by atoms with E-state index in [0.29, 0.717) is 0 Å². The summed E-state index contributed by atoms with van der Waals surface area (Å²) in [5.41, 5.74) is 1.84. The zero-order valence-corrected chi connectivity index (χ0v) is 8.92. The van der Waals surface area contributed by atoms with Crippen LogP contribution < -0.4 is 0 Å². The van der Waals surface area contributed by atoms with E-state index in [1.165, 1.54) is 6.20 Å². The third-order valence-electron chi connectivity index (χ3n) is 1.64. The minimum atomic E-state index is 0.852. The molecule has 1 aliphatic rings. The van der Waals surface area contributed by atoms with Crippen molar-refractivity contribution >= 4 is 27.9 Å². The fourth-order valence-corrected chi connectivity index (χ4v) is 1.45. The highest BCUT2D eigenvalue weighted by atomic mass is 79.9. The van der Waals surface area contributed by atoms with E-state index in [1.807, 2.05) is 6.08 Å². The minimum absolute atomic E-state index is 0.852. The Balaban J connectivity index is 2.72. The van der Waals surface area contributed by atoms with Gasteiger partial charge in [0.15, 0.2) is 0 Å². The van der Waals surface area contributed by atoms with E-state index in [9.17, 15) is 0 Å². The lowest BCUT2D eigenvalue weighted by molar-refractivity contribution is 1.06. The molecule has 0 bridgehead atoms. The lowest BCUT2D eigenvalue weighted by Crippen LogP contribution is -2.05. The third-order valence-corrected chi connectivity index (χ3v) is 2.14. The molecule has 0 spiro atoms. The average molecular weight is 239 g/mol. The van der Waals surface area contributed by atoms with Gasteiger partial charge < -0.3 is 0 Å². The van der Waals surface area contributed by atoms with Crippen molar-refractivity contribution in [3.63, 3.8) is 0 Å². The Hall–Kier alpha value is -0.960. The summed E-state index contributed by atoms with van der Waals surface area (Å²) >= 11 is 3.33. The molecular formula is C10H11BrN2.